The Hall–Kier alpha value is -2.82. The van der Waals surface area contributed by atoms with Gasteiger partial charge in [0, 0.05) is 44.2 Å². The maximum atomic E-state index is 13.0. The molecule has 1 aliphatic heterocycles. The van der Waals surface area contributed by atoms with Gasteiger partial charge in [0.2, 0.25) is 5.91 Å². The number of fused-ring (bicyclic) bond motifs is 1. The van der Waals surface area contributed by atoms with Gasteiger partial charge in [0.25, 0.3) is 6.47 Å². The van der Waals surface area contributed by atoms with E-state index in [1.165, 1.54) is 5.56 Å². The molecule has 0 bridgehead atoms. The van der Waals surface area contributed by atoms with Crippen molar-refractivity contribution < 1.29 is 14.3 Å². The van der Waals surface area contributed by atoms with Gasteiger partial charge in [-0.05, 0) is 42.2 Å². The minimum atomic E-state index is 0.0904. The van der Waals surface area contributed by atoms with Crippen LogP contribution in [0.4, 0.5) is 5.69 Å². The second-order valence-corrected chi connectivity index (χ2v) is 7.58. The molecule has 5 nitrogen and oxygen atoms in total. The summed E-state index contributed by atoms with van der Waals surface area (Å²) < 4.78 is 5.07. The summed E-state index contributed by atoms with van der Waals surface area (Å²) in [5, 5.41) is 0. The van der Waals surface area contributed by atoms with Crippen LogP contribution in [0.1, 0.15) is 50.2 Å². The van der Waals surface area contributed by atoms with Crippen LogP contribution >= 0.6 is 0 Å². The lowest BCUT2D eigenvalue weighted by atomic mass is 9.97. The highest BCUT2D eigenvalue weighted by Crippen LogP contribution is 2.41. The van der Waals surface area contributed by atoms with Gasteiger partial charge in [-0.3, -0.25) is 9.59 Å². The first-order valence-corrected chi connectivity index (χ1v) is 10.5. The normalized spacial score (nSPS) is 15.1. The zero-order valence-corrected chi connectivity index (χ0v) is 17.3. The molecule has 1 atom stereocenters. The van der Waals surface area contributed by atoms with Crippen LogP contribution in [0.25, 0.3) is 0 Å². The number of benzene rings is 2. The van der Waals surface area contributed by atoms with Gasteiger partial charge in [0.15, 0.2) is 0 Å². The molecule has 0 aromatic heterocycles. The monoisotopic (exact) mass is 394 g/mol. The zero-order chi connectivity index (χ0) is 20.6. The number of nitrogens with zero attached hydrogens (tertiary/aromatic N) is 2. The number of anilines is 1. The average Bonchev–Trinajstić information content (AvgIpc) is 3.05. The van der Waals surface area contributed by atoms with Crippen molar-refractivity contribution in [2.75, 3.05) is 24.5 Å². The standard InChI is InChI=1S/C24H30N2O3/c1-3-12-25(13-4-2)24(28)14-20-17-26(16-19-8-6-5-7-9-19)23-11-10-21(29-18-27)15-22(20)23/h5-11,15,18,20H,3-4,12-14,16-17H2,1-2H3. The Bertz CT molecular complexity index is 816. The van der Waals surface area contributed by atoms with Gasteiger partial charge < -0.3 is 14.5 Å². The van der Waals surface area contributed by atoms with Gasteiger partial charge in [-0.25, -0.2) is 0 Å². The topological polar surface area (TPSA) is 49.9 Å². The molecule has 29 heavy (non-hydrogen) atoms. The van der Waals surface area contributed by atoms with E-state index in [1.807, 2.05) is 41.3 Å². The summed E-state index contributed by atoms with van der Waals surface area (Å²) >= 11 is 0. The molecule has 2 aromatic rings. The predicted octanol–water partition coefficient (Wildman–Crippen LogP) is 4.36. The first kappa shape index (κ1) is 20.9. The Balaban J connectivity index is 1.83. The van der Waals surface area contributed by atoms with Gasteiger partial charge in [-0.2, -0.15) is 0 Å². The lowest BCUT2D eigenvalue weighted by Crippen LogP contribution is -2.34. The number of ether oxygens (including phenoxy) is 1. The highest BCUT2D eigenvalue weighted by molar-refractivity contribution is 5.78. The molecule has 1 amide bonds. The minimum absolute atomic E-state index is 0.0904. The Kier molecular flexibility index (Phi) is 7.28. The summed E-state index contributed by atoms with van der Waals surface area (Å²) in [5.74, 6) is 0.817. The van der Waals surface area contributed by atoms with Crippen molar-refractivity contribution in [3.63, 3.8) is 0 Å². The molecule has 1 unspecified atom stereocenters. The largest absolute Gasteiger partial charge is 0.429 e. The van der Waals surface area contributed by atoms with E-state index in [9.17, 15) is 9.59 Å². The summed E-state index contributed by atoms with van der Waals surface area (Å²) in [4.78, 5) is 28.1. The Labute approximate surface area is 173 Å². The average molecular weight is 395 g/mol. The highest BCUT2D eigenvalue weighted by Gasteiger charge is 2.31. The fraction of sp³-hybridized carbons (Fsp3) is 0.417. The number of amides is 1. The van der Waals surface area contributed by atoms with Crippen LogP contribution in [0.2, 0.25) is 0 Å². The molecule has 0 fully saturated rings. The van der Waals surface area contributed by atoms with Crippen molar-refractivity contribution in [3.05, 3.63) is 59.7 Å². The third kappa shape index (κ3) is 5.17. The molecular formula is C24H30N2O3. The number of rotatable bonds is 10. The van der Waals surface area contributed by atoms with Gasteiger partial charge in [-0.15, -0.1) is 0 Å². The molecule has 5 heteroatoms. The fourth-order valence-electron chi connectivity index (χ4n) is 4.11. The summed E-state index contributed by atoms with van der Waals surface area (Å²) in [5.41, 5.74) is 3.43. The molecule has 0 radical (unpaired) electrons. The zero-order valence-electron chi connectivity index (χ0n) is 17.3. The Morgan fingerprint density at radius 3 is 2.52 bits per heavy atom. The third-order valence-electron chi connectivity index (χ3n) is 5.38. The van der Waals surface area contributed by atoms with Crippen LogP contribution in [0, 0.1) is 0 Å². The van der Waals surface area contributed by atoms with Crippen molar-refractivity contribution in [2.24, 2.45) is 0 Å². The van der Waals surface area contributed by atoms with E-state index < -0.39 is 0 Å². The van der Waals surface area contributed by atoms with E-state index >= 15 is 0 Å². The Morgan fingerprint density at radius 2 is 1.86 bits per heavy atom. The smallest absolute Gasteiger partial charge is 0.298 e. The van der Waals surface area contributed by atoms with E-state index in [0.717, 1.165) is 50.3 Å². The Morgan fingerprint density at radius 1 is 1.14 bits per heavy atom. The van der Waals surface area contributed by atoms with Crippen LogP contribution in [-0.2, 0) is 16.1 Å². The van der Waals surface area contributed by atoms with Crippen molar-refractivity contribution in [1.29, 1.82) is 0 Å². The minimum Gasteiger partial charge on any atom is -0.429 e. The highest BCUT2D eigenvalue weighted by atomic mass is 16.5. The van der Waals surface area contributed by atoms with Crippen LogP contribution in [0.5, 0.6) is 5.75 Å². The second kappa shape index (κ2) is 10.1. The van der Waals surface area contributed by atoms with E-state index in [2.05, 4.69) is 30.9 Å². The molecule has 1 aliphatic rings. The molecule has 2 aromatic carbocycles. The molecule has 0 spiro atoms. The number of carbonyl (C=O) groups is 2. The van der Waals surface area contributed by atoms with Crippen LogP contribution in [0.3, 0.4) is 0 Å². The molecule has 0 saturated heterocycles. The molecule has 3 rings (SSSR count). The summed E-state index contributed by atoms with van der Waals surface area (Å²) in [7, 11) is 0. The number of hydrogen-bond donors (Lipinski definition) is 0. The molecule has 0 saturated carbocycles. The van der Waals surface area contributed by atoms with Crippen molar-refractivity contribution >= 4 is 18.1 Å². The lowest BCUT2D eigenvalue weighted by molar-refractivity contribution is -0.131. The first-order chi connectivity index (χ1) is 14.2. The first-order valence-electron chi connectivity index (χ1n) is 10.5. The number of hydrogen-bond acceptors (Lipinski definition) is 4. The molecule has 0 aliphatic carbocycles. The SMILES string of the molecule is CCCN(CCC)C(=O)CC1CN(Cc2ccccc2)c2ccc(OC=O)cc21. The third-order valence-corrected chi connectivity index (χ3v) is 5.38. The van der Waals surface area contributed by atoms with Gasteiger partial charge >= 0.3 is 0 Å². The van der Waals surface area contributed by atoms with Crippen LogP contribution < -0.4 is 9.64 Å². The van der Waals surface area contributed by atoms with Gasteiger partial charge in [0.05, 0.1) is 0 Å². The molecule has 154 valence electrons. The second-order valence-electron chi connectivity index (χ2n) is 7.58. The van der Waals surface area contributed by atoms with Crippen molar-refractivity contribution in [1.82, 2.24) is 4.90 Å². The lowest BCUT2D eigenvalue weighted by Gasteiger charge is -2.24. The summed E-state index contributed by atoms with van der Waals surface area (Å²) in [6.07, 6.45) is 2.40. The predicted molar refractivity (Wildman–Crippen MR) is 115 cm³/mol. The maximum absolute atomic E-state index is 13.0. The molecule has 0 N–H and O–H groups in total. The fourth-order valence-corrected chi connectivity index (χ4v) is 4.11. The summed E-state index contributed by atoms with van der Waals surface area (Å²) in [6, 6.07) is 16.1. The maximum Gasteiger partial charge on any atom is 0.298 e. The van der Waals surface area contributed by atoms with Crippen molar-refractivity contribution in [3.8, 4) is 5.75 Å². The molecular weight excluding hydrogens is 364 g/mol. The van der Waals surface area contributed by atoms with E-state index in [4.69, 9.17) is 4.74 Å². The van der Waals surface area contributed by atoms with Crippen molar-refractivity contribution in [2.45, 2.75) is 45.6 Å². The molecule has 1 heterocycles. The van der Waals surface area contributed by atoms with Crippen LogP contribution in [0.15, 0.2) is 48.5 Å². The quantitative estimate of drug-likeness (QED) is 0.562. The van der Waals surface area contributed by atoms with Crippen LogP contribution in [-0.4, -0.2) is 36.9 Å². The summed E-state index contributed by atoms with van der Waals surface area (Å²) in [6.45, 7) is 7.83. The number of carbonyl (C=O) groups excluding carboxylic acids is 2. The van der Waals surface area contributed by atoms with Gasteiger partial charge in [0.1, 0.15) is 5.75 Å². The van der Waals surface area contributed by atoms with E-state index in [1.54, 1.807) is 0 Å². The van der Waals surface area contributed by atoms with E-state index in [0.29, 0.717) is 18.6 Å². The van der Waals surface area contributed by atoms with Gasteiger partial charge in [-0.1, -0.05) is 44.2 Å². The van der Waals surface area contributed by atoms with E-state index in [-0.39, 0.29) is 11.8 Å².